The van der Waals surface area contributed by atoms with Crippen LogP contribution in [0.25, 0.3) is 110 Å². The lowest BCUT2D eigenvalue weighted by atomic mass is 9.96. The molecular weight excluding hydrogens is 1160 g/mol. The van der Waals surface area contributed by atoms with Crippen molar-refractivity contribution in [1.29, 1.82) is 0 Å². The molecule has 0 aliphatic heterocycles. The fourth-order valence-corrected chi connectivity index (χ4v) is 13.4. The first-order valence-corrected chi connectivity index (χ1v) is 33.2. The van der Waals surface area contributed by atoms with Gasteiger partial charge in [0.2, 0.25) is 34.0 Å². The van der Waals surface area contributed by atoms with Crippen LogP contribution in [0.2, 0.25) is 0 Å². The van der Waals surface area contributed by atoms with E-state index >= 15 is 0 Å². The molecule has 15 aromatic rings. The SMILES string of the molecule is Cc1cc(C)c(C)c(-c2cc3ccccc3c[n+]2C)c1.Cc1cc(C)c(C)c(-c2cc3ccccc3c[n+]2C)c1.Cc1ccc(-c2cc3ccccc3c[n+]2C)c(C)c1.Cc1ccccc1-c1ccc2ccccc2[n+]1C.[2H]C([2H])([2H])c1ccc(-c2cc3ccccc3c[n+]2C)c(C)c1. The summed E-state index contributed by atoms with van der Waals surface area (Å²) in [5, 5.41) is 11.3. The fourth-order valence-electron chi connectivity index (χ4n) is 13.4. The van der Waals surface area contributed by atoms with Crippen LogP contribution in [0.5, 0.6) is 0 Å². The normalized spacial score (nSPS) is 11.5. The van der Waals surface area contributed by atoms with Crippen molar-refractivity contribution in [2.45, 2.75) is 76.1 Å². The van der Waals surface area contributed by atoms with Gasteiger partial charge in [-0.05, 0) is 203 Å². The molecule has 0 aliphatic rings. The zero-order valence-corrected chi connectivity index (χ0v) is 58.6. The lowest BCUT2D eigenvalue weighted by Crippen LogP contribution is -2.32. The molecule has 0 atom stereocenters. The Labute approximate surface area is 574 Å². The summed E-state index contributed by atoms with van der Waals surface area (Å²) in [6.45, 7) is 19.5. The first-order valence-electron chi connectivity index (χ1n) is 34.7. The number of fused-ring (bicyclic) bond motifs is 5. The van der Waals surface area contributed by atoms with Gasteiger partial charge in [0.05, 0.1) is 0 Å². The minimum atomic E-state index is -2.06. The molecule has 0 spiro atoms. The van der Waals surface area contributed by atoms with Crippen molar-refractivity contribution < 1.29 is 26.9 Å². The van der Waals surface area contributed by atoms with Crippen LogP contribution in [0, 0.1) is 76.1 Å². The molecule has 0 aliphatic carbocycles. The van der Waals surface area contributed by atoms with Crippen molar-refractivity contribution in [2.24, 2.45) is 35.2 Å². The maximum absolute atomic E-state index is 7.52. The van der Waals surface area contributed by atoms with Gasteiger partial charge >= 0.3 is 0 Å². The molecule has 96 heavy (non-hydrogen) atoms. The van der Waals surface area contributed by atoms with Crippen LogP contribution in [-0.2, 0) is 35.2 Å². The number of para-hydroxylation sites is 1. The van der Waals surface area contributed by atoms with Crippen LogP contribution in [0.4, 0.5) is 0 Å². The Bertz CT molecular complexity index is 5370. The van der Waals surface area contributed by atoms with E-state index in [-0.39, 0.29) is 0 Å². The van der Waals surface area contributed by atoms with E-state index in [0.29, 0.717) is 5.56 Å². The van der Waals surface area contributed by atoms with Gasteiger partial charge in [-0.25, -0.2) is 18.3 Å². The summed E-state index contributed by atoms with van der Waals surface area (Å²) in [6.07, 6.45) is 8.72. The monoisotopic (exact) mass is 1260 g/mol. The molecule has 0 fully saturated rings. The average Bonchev–Trinajstić information content (AvgIpc) is 0.815. The number of hydrogen-bond acceptors (Lipinski definition) is 0. The summed E-state index contributed by atoms with van der Waals surface area (Å²) in [5.74, 6) is 0. The molecule has 0 unspecified atom stereocenters. The molecule has 0 radical (unpaired) electrons. The zero-order valence-electron chi connectivity index (χ0n) is 61.6. The van der Waals surface area contributed by atoms with E-state index < -0.39 is 6.85 Å². The minimum absolute atomic E-state index is 0.386. The van der Waals surface area contributed by atoms with Gasteiger partial charge in [0.15, 0.2) is 24.8 Å². The van der Waals surface area contributed by atoms with E-state index in [2.05, 4.69) is 350 Å². The molecule has 5 heteroatoms. The van der Waals surface area contributed by atoms with Crippen LogP contribution < -0.4 is 22.8 Å². The molecule has 0 N–H and O–H groups in total. The van der Waals surface area contributed by atoms with Gasteiger partial charge in [-0.1, -0.05) is 162 Å². The Morgan fingerprint density at radius 3 is 0.948 bits per heavy atom. The van der Waals surface area contributed by atoms with Gasteiger partial charge < -0.3 is 0 Å². The highest BCUT2D eigenvalue weighted by Crippen LogP contribution is 2.31. The number of benzene rings is 10. The Kier molecular flexibility index (Phi) is 19.1. The second-order valence-corrected chi connectivity index (χ2v) is 26.1. The highest BCUT2D eigenvalue weighted by molar-refractivity contribution is 5.87. The lowest BCUT2D eigenvalue weighted by Gasteiger charge is -2.10. The van der Waals surface area contributed by atoms with Crippen molar-refractivity contribution in [3.05, 3.63) is 329 Å². The summed E-state index contributed by atoms with van der Waals surface area (Å²) in [4.78, 5) is 0. The second-order valence-electron chi connectivity index (χ2n) is 26.1. The molecule has 476 valence electrons. The smallest absolute Gasteiger partial charge is 0.200 e. The minimum Gasteiger partial charge on any atom is -0.200 e. The van der Waals surface area contributed by atoms with Gasteiger partial charge in [-0.3, -0.25) is 0 Å². The Balaban J connectivity index is 0.000000125. The summed E-state index contributed by atoms with van der Waals surface area (Å²) in [6, 6.07) is 85.2. The number of rotatable bonds is 5. The lowest BCUT2D eigenvalue weighted by molar-refractivity contribution is -0.659. The van der Waals surface area contributed by atoms with Gasteiger partial charge in [0, 0.05) is 95.3 Å². The van der Waals surface area contributed by atoms with Crippen LogP contribution >= 0.6 is 0 Å². The standard InChI is InChI=1S/2C19H20N.2C18H18N.C17H16N/c2*1-13-9-14(2)15(3)18(10-13)19-11-16-7-5-6-8-17(16)12-20(19)4;2*1-13-8-9-17(14(2)10-13)18-11-15-6-4-5-7-16(15)12-19(18)3;1-13-7-3-5-9-15(13)17-12-11-14-8-4-6-10-16(14)18(17)2/h2*5-12H,1-4H3;2*4-12H,1-3H3;3-12H,1-2H3/q5*+1/i;;1D3;;. The second kappa shape index (κ2) is 29.3. The molecule has 15 rings (SSSR count). The third kappa shape index (κ3) is 14.9. The average molecular weight is 1260 g/mol. The topological polar surface area (TPSA) is 19.4 Å². The molecule has 0 amide bonds. The predicted molar refractivity (Wildman–Crippen MR) is 405 cm³/mol. The third-order valence-corrected chi connectivity index (χ3v) is 18.8. The maximum atomic E-state index is 7.52. The summed E-state index contributed by atoms with van der Waals surface area (Å²) in [7, 11) is 10.5. The maximum Gasteiger partial charge on any atom is 0.213 e. The molecule has 10 aromatic carbocycles. The van der Waals surface area contributed by atoms with Crippen molar-refractivity contribution in [1.82, 2.24) is 0 Å². The van der Waals surface area contributed by atoms with Crippen molar-refractivity contribution in [3.63, 3.8) is 0 Å². The van der Waals surface area contributed by atoms with Crippen LogP contribution in [0.1, 0.15) is 65.3 Å². The van der Waals surface area contributed by atoms with Gasteiger partial charge in [-0.15, -0.1) is 0 Å². The molecule has 5 nitrogen and oxygen atoms in total. The van der Waals surface area contributed by atoms with Crippen molar-refractivity contribution in [2.75, 3.05) is 0 Å². The highest BCUT2D eigenvalue weighted by Gasteiger charge is 2.20. The van der Waals surface area contributed by atoms with Crippen molar-refractivity contribution >= 4 is 54.0 Å². The van der Waals surface area contributed by atoms with Crippen LogP contribution in [-0.4, -0.2) is 0 Å². The van der Waals surface area contributed by atoms with E-state index in [1.54, 1.807) is 12.1 Å². The Morgan fingerprint density at radius 2 is 0.552 bits per heavy atom. The van der Waals surface area contributed by atoms with Gasteiger partial charge in [0.25, 0.3) is 0 Å². The van der Waals surface area contributed by atoms with Gasteiger partial charge in [-0.2, -0.15) is 4.57 Å². The van der Waals surface area contributed by atoms with Crippen LogP contribution in [0.15, 0.2) is 267 Å². The molecule has 5 heterocycles. The first kappa shape index (κ1) is 62.7. The molecule has 5 aromatic heterocycles. The largest absolute Gasteiger partial charge is 0.213 e. The fraction of sp³-hybridized carbons (Fsp3) is 0.176. The van der Waals surface area contributed by atoms with Gasteiger partial charge in [0.1, 0.15) is 35.2 Å². The van der Waals surface area contributed by atoms with E-state index in [1.807, 2.05) is 32.2 Å². The number of hydrogen-bond donors (Lipinski definition) is 0. The van der Waals surface area contributed by atoms with E-state index in [1.165, 1.54) is 149 Å². The van der Waals surface area contributed by atoms with E-state index in [9.17, 15) is 0 Å². The molecule has 0 bridgehead atoms. The van der Waals surface area contributed by atoms with E-state index in [4.69, 9.17) is 4.11 Å². The number of nitrogens with zero attached hydrogens (tertiary/aromatic N) is 5. The van der Waals surface area contributed by atoms with Crippen molar-refractivity contribution in [3.8, 4) is 56.3 Å². The molecule has 0 saturated carbocycles. The molecular formula is C91H92N5+5. The Morgan fingerprint density at radius 1 is 0.229 bits per heavy atom. The first-order chi connectivity index (χ1) is 47.4. The quantitative estimate of drug-likeness (QED) is 0.153. The number of aromatic nitrogens is 5. The zero-order chi connectivity index (χ0) is 70.4. The summed E-state index contributed by atoms with van der Waals surface area (Å²) in [5.41, 5.74) is 27.1. The number of pyridine rings is 5. The van der Waals surface area contributed by atoms with Crippen LogP contribution in [0.3, 0.4) is 0 Å². The Hall–Kier alpha value is -10.8. The van der Waals surface area contributed by atoms with E-state index in [0.717, 1.165) is 16.8 Å². The summed E-state index contributed by atoms with van der Waals surface area (Å²) >= 11 is 0. The molecule has 0 saturated heterocycles. The third-order valence-electron chi connectivity index (χ3n) is 18.8. The number of aryl methyl sites for hydroxylation is 14. The highest BCUT2D eigenvalue weighted by atomic mass is 14.9. The summed E-state index contributed by atoms with van der Waals surface area (Å²) < 4.78 is 33.6. The predicted octanol–water partition coefficient (Wildman–Crippen LogP) is 20.0.